The van der Waals surface area contributed by atoms with E-state index in [-0.39, 0.29) is 24.6 Å². The molecule has 5 heteroatoms. The van der Waals surface area contributed by atoms with Gasteiger partial charge >= 0.3 is 11.9 Å². The van der Waals surface area contributed by atoms with Crippen LogP contribution in [-0.4, -0.2) is 56.8 Å². The summed E-state index contributed by atoms with van der Waals surface area (Å²) in [5.41, 5.74) is 0. The topological polar surface area (TPSA) is 52.6 Å². The van der Waals surface area contributed by atoms with Gasteiger partial charge in [0.15, 0.2) is 6.10 Å². The third-order valence-corrected chi connectivity index (χ3v) is 5.50. The maximum Gasteiger partial charge on any atom is 0.305 e. The summed E-state index contributed by atoms with van der Waals surface area (Å²) in [6.07, 6.45) is 19.7. The molecule has 0 aromatic heterocycles. The number of esters is 2. The van der Waals surface area contributed by atoms with Crippen LogP contribution >= 0.6 is 0 Å². The quantitative estimate of drug-likeness (QED) is 0.117. The standard InChI is InChI=1S/C26H52NO4/c1-6-7-8-9-10-11-12-13-14-15-16-17-18-19-20-21-26(29)30-23-25(31-24(2)28)22-27(3,4)5/h25H,6-23H2,1-5H3/q+1/t25-/m1/s1. The van der Waals surface area contributed by atoms with Crippen LogP contribution < -0.4 is 0 Å². The zero-order valence-corrected chi connectivity index (χ0v) is 21.4. The molecule has 0 aromatic carbocycles. The largest absolute Gasteiger partial charge is 0.461 e. The van der Waals surface area contributed by atoms with E-state index in [1.54, 1.807) is 0 Å². The van der Waals surface area contributed by atoms with Crippen molar-refractivity contribution in [3.63, 3.8) is 0 Å². The van der Waals surface area contributed by atoms with Crippen LogP contribution in [0, 0.1) is 0 Å². The van der Waals surface area contributed by atoms with Crippen molar-refractivity contribution in [2.45, 2.75) is 123 Å². The molecule has 0 unspecified atom stereocenters. The van der Waals surface area contributed by atoms with Gasteiger partial charge in [-0.15, -0.1) is 0 Å². The first-order valence-corrected chi connectivity index (χ1v) is 12.9. The predicted octanol–water partition coefficient (Wildman–Crippen LogP) is 6.43. The van der Waals surface area contributed by atoms with Crippen LogP contribution in [0.3, 0.4) is 0 Å². The first kappa shape index (κ1) is 29.9. The van der Waals surface area contributed by atoms with Crippen molar-refractivity contribution in [3.8, 4) is 0 Å². The minimum absolute atomic E-state index is 0.146. The van der Waals surface area contributed by atoms with Crippen molar-refractivity contribution in [2.75, 3.05) is 34.3 Å². The van der Waals surface area contributed by atoms with Crippen LogP contribution in [0.4, 0.5) is 0 Å². The summed E-state index contributed by atoms with van der Waals surface area (Å²) < 4.78 is 11.3. The number of quaternary nitrogens is 1. The van der Waals surface area contributed by atoms with E-state index in [2.05, 4.69) is 6.92 Å². The second-order valence-corrected chi connectivity index (χ2v) is 10.1. The average molecular weight is 443 g/mol. The van der Waals surface area contributed by atoms with Gasteiger partial charge < -0.3 is 14.0 Å². The van der Waals surface area contributed by atoms with Crippen LogP contribution in [-0.2, 0) is 19.1 Å². The number of likely N-dealkylation sites (N-methyl/N-ethyl adjacent to an activating group) is 1. The third-order valence-electron chi connectivity index (χ3n) is 5.50. The summed E-state index contributed by atoms with van der Waals surface area (Å²) >= 11 is 0. The molecule has 31 heavy (non-hydrogen) atoms. The molecule has 0 spiro atoms. The Morgan fingerprint density at radius 1 is 0.710 bits per heavy atom. The molecule has 0 aliphatic heterocycles. The maximum absolute atomic E-state index is 12.0. The Bertz CT molecular complexity index is 445. The minimum atomic E-state index is -0.387. The van der Waals surface area contributed by atoms with Crippen LogP contribution in [0.15, 0.2) is 0 Å². The van der Waals surface area contributed by atoms with Gasteiger partial charge in [-0.1, -0.05) is 96.8 Å². The fourth-order valence-corrected chi connectivity index (χ4v) is 3.87. The number of hydrogen-bond acceptors (Lipinski definition) is 4. The lowest BCUT2D eigenvalue weighted by atomic mass is 10.0. The van der Waals surface area contributed by atoms with Crippen LogP contribution in [0.5, 0.6) is 0 Å². The SMILES string of the molecule is CCCCCCCCCCCCCCCCCC(=O)OC[C@@H](C[N+](C)(C)C)OC(C)=O. The van der Waals surface area contributed by atoms with Crippen LogP contribution in [0.2, 0.25) is 0 Å². The van der Waals surface area contributed by atoms with E-state index in [0.29, 0.717) is 17.4 Å². The lowest BCUT2D eigenvalue weighted by molar-refractivity contribution is -0.873. The van der Waals surface area contributed by atoms with E-state index >= 15 is 0 Å². The van der Waals surface area contributed by atoms with Gasteiger partial charge in [0.25, 0.3) is 0 Å². The predicted molar refractivity (Wildman–Crippen MR) is 129 cm³/mol. The monoisotopic (exact) mass is 442 g/mol. The first-order chi connectivity index (χ1) is 14.7. The number of hydrogen-bond donors (Lipinski definition) is 0. The molecule has 0 N–H and O–H groups in total. The molecule has 0 rings (SSSR count). The van der Waals surface area contributed by atoms with E-state index in [1.165, 1.54) is 90.4 Å². The molecule has 0 aliphatic carbocycles. The van der Waals surface area contributed by atoms with Crippen molar-refractivity contribution in [1.82, 2.24) is 0 Å². The van der Waals surface area contributed by atoms with E-state index in [0.717, 1.165) is 12.8 Å². The van der Waals surface area contributed by atoms with Crippen molar-refractivity contribution in [1.29, 1.82) is 0 Å². The fraction of sp³-hybridized carbons (Fsp3) is 0.923. The lowest BCUT2D eigenvalue weighted by Crippen LogP contribution is -2.44. The zero-order chi connectivity index (χ0) is 23.4. The highest BCUT2D eigenvalue weighted by molar-refractivity contribution is 5.69. The molecule has 0 saturated carbocycles. The Balaban J connectivity index is 3.53. The molecule has 0 aromatic rings. The highest BCUT2D eigenvalue weighted by Crippen LogP contribution is 2.14. The summed E-state index contributed by atoms with van der Waals surface area (Å²) in [5, 5.41) is 0. The molecule has 5 nitrogen and oxygen atoms in total. The second-order valence-electron chi connectivity index (χ2n) is 10.1. The summed E-state index contributed by atoms with van der Waals surface area (Å²) in [6, 6.07) is 0. The van der Waals surface area contributed by atoms with E-state index in [1.807, 2.05) is 21.1 Å². The Kier molecular flexibility index (Phi) is 18.9. The Labute approximate surface area is 192 Å². The summed E-state index contributed by atoms with van der Waals surface area (Å²) in [7, 11) is 6.07. The van der Waals surface area contributed by atoms with Crippen LogP contribution in [0.25, 0.3) is 0 Å². The van der Waals surface area contributed by atoms with Gasteiger partial charge in [0.2, 0.25) is 0 Å². The molecule has 0 saturated heterocycles. The second kappa shape index (κ2) is 19.6. The highest BCUT2D eigenvalue weighted by atomic mass is 16.6. The van der Waals surface area contributed by atoms with Crippen molar-refractivity contribution < 1.29 is 23.5 Å². The Morgan fingerprint density at radius 2 is 1.13 bits per heavy atom. The molecule has 0 radical (unpaired) electrons. The van der Waals surface area contributed by atoms with Crippen molar-refractivity contribution in [3.05, 3.63) is 0 Å². The van der Waals surface area contributed by atoms with Gasteiger partial charge in [-0.2, -0.15) is 0 Å². The number of carbonyl (C=O) groups excluding carboxylic acids is 2. The molecule has 0 bridgehead atoms. The van der Waals surface area contributed by atoms with E-state index in [9.17, 15) is 9.59 Å². The normalized spacial score (nSPS) is 12.5. The zero-order valence-electron chi connectivity index (χ0n) is 21.4. The average Bonchev–Trinajstić information content (AvgIpc) is 2.67. The smallest absolute Gasteiger partial charge is 0.305 e. The Morgan fingerprint density at radius 3 is 1.52 bits per heavy atom. The van der Waals surface area contributed by atoms with Gasteiger partial charge in [-0.25, -0.2) is 0 Å². The minimum Gasteiger partial charge on any atom is -0.461 e. The van der Waals surface area contributed by atoms with Gasteiger partial charge in [0.1, 0.15) is 13.2 Å². The maximum atomic E-state index is 12.0. The number of rotatable bonds is 21. The van der Waals surface area contributed by atoms with Crippen LogP contribution in [0.1, 0.15) is 117 Å². The number of unbranched alkanes of at least 4 members (excludes halogenated alkanes) is 14. The van der Waals surface area contributed by atoms with Gasteiger partial charge in [0, 0.05) is 13.3 Å². The fourth-order valence-electron chi connectivity index (χ4n) is 3.87. The number of carbonyl (C=O) groups is 2. The Hall–Kier alpha value is -1.10. The van der Waals surface area contributed by atoms with Crippen molar-refractivity contribution in [2.24, 2.45) is 0 Å². The van der Waals surface area contributed by atoms with Gasteiger partial charge in [-0.05, 0) is 6.42 Å². The highest BCUT2D eigenvalue weighted by Gasteiger charge is 2.22. The van der Waals surface area contributed by atoms with E-state index < -0.39 is 0 Å². The summed E-state index contributed by atoms with van der Waals surface area (Å²) in [6.45, 7) is 4.42. The molecular formula is C26H52NO4+. The molecule has 184 valence electrons. The summed E-state index contributed by atoms with van der Waals surface area (Å²) in [4.78, 5) is 23.2. The summed E-state index contributed by atoms with van der Waals surface area (Å²) in [5.74, 6) is -0.523. The molecule has 0 aliphatic rings. The van der Waals surface area contributed by atoms with E-state index in [4.69, 9.17) is 9.47 Å². The molecule has 1 atom stereocenters. The molecular weight excluding hydrogens is 390 g/mol. The third kappa shape index (κ3) is 23.4. The number of nitrogens with zero attached hydrogens (tertiary/aromatic N) is 1. The molecule has 0 amide bonds. The number of ether oxygens (including phenoxy) is 2. The molecule has 0 fully saturated rings. The molecule has 0 heterocycles. The van der Waals surface area contributed by atoms with Crippen molar-refractivity contribution >= 4 is 11.9 Å². The lowest BCUT2D eigenvalue weighted by Gasteiger charge is -2.28. The van der Waals surface area contributed by atoms with Gasteiger partial charge in [0.05, 0.1) is 21.1 Å². The van der Waals surface area contributed by atoms with Gasteiger partial charge in [-0.3, -0.25) is 9.59 Å². The first-order valence-electron chi connectivity index (χ1n) is 12.9.